The first-order chi connectivity index (χ1) is 7.99. The highest BCUT2D eigenvalue weighted by molar-refractivity contribution is 4.96. The summed E-state index contributed by atoms with van der Waals surface area (Å²) in [6.45, 7) is 10.1. The number of hydrogen-bond acceptors (Lipinski definition) is 5. The summed E-state index contributed by atoms with van der Waals surface area (Å²) in [6, 6.07) is 0. The van der Waals surface area contributed by atoms with E-state index in [9.17, 15) is 0 Å². The number of nitrogens with zero attached hydrogens (tertiary/aromatic N) is 2. The van der Waals surface area contributed by atoms with Gasteiger partial charge in [-0.3, -0.25) is 0 Å². The second kappa shape index (κ2) is 6.12. The summed E-state index contributed by atoms with van der Waals surface area (Å²) in [5.41, 5.74) is -0.0441. The van der Waals surface area contributed by atoms with Gasteiger partial charge < -0.3 is 14.6 Å². The molecule has 0 amide bonds. The fraction of sp³-hybridized carbons (Fsp3) is 0.833. The number of aromatic nitrogens is 2. The van der Waals surface area contributed by atoms with Gasteiger partial charge in [-0.15, -0.1) is 0 Å². The van der Waals surface area contributed by atoms with Crippen LogP contribution in [0.25, 0.3) is 0 Å². The van der Waals surface area contributed by atoms with Crippen LogP contribution in [0.2, 0.25) is 0 Å². The third-order valence-corrected chi connectivity index (χ3v) is 2.51. The van der Waals surface area contributed by atoms with Crippen molar-refractivity contribution >= 4 is 0 Å². The van der Waals surface area contributed by atoms with Crippen LogP contribution < -0.4 is 5.32 Å². The number of ether oxygens (including phenoxy) is 1. The maximum Gasteiger partial charge on any atom is 0.228 e. The van der Waals surface area contributed by atoms with Crippen LogP contribution in [-0.2, 0) is 11.2 Å². The second-order valence-corrected chi connectivity index (χ2v) is 5.13. The number of rotatable bonds is 6. The van der Waals surface area contributed by atoms with Crippen molar-refractivity contribution in [1.82, 2.24) is 15.5 Å². The van der Waals surface area contributed by atoms with Gasteiger partial charge in [0.15, 0.2) is 0 Å². The Morgan fingerprint density at radius 3 is 2.65 bits per heavy atom. The minimum absolute atomic E-state index is 0.0441. The van der Waals surface area contributed by atoms with E-state index in [1.54, 1.807) is 7.11 Å². The standard InChI is InChI=1S/C12H23N3O2/c1-6-13-8-7-9-14-11(15-17-9)10(16-5)12(2,3)4/h10,13H,6-8H2,1-5H3. The number of likely N-dealkylation sites (N-methyl/N-ethyl adjacent to an activating group) is 1. The number of hydrogen-bond donors (Lipinski definition) is 1. The summed E-state index contributed by atoms with van der Waals surface area (Å²) in [6.07, 6.45) is 0.612. The predicted molar refractivity (Wildman–Crippen MR) is 65.8 cm³/mol. The molecule has 0 saturated carbocycles. The van der Waals surface area contributed by atoms with E-state index in [1.165, 1.54) is 0 Å². The molecule has 1 rings (SSSR count). The highest BCUT2D eigenvalue weighted by atomic mass is 16.5. The number of nitrogens with one attached hydrogen (secondary N) is 1. The average Bonchev–Trinajstić information content (AvgIpc) is 2.66. The third-order valence-electron chi connectivity index (χ3n) is 2.51. The van der Waals surface area contributed by atoms with E-state index in [0.29, 0.717) is 11.7 Å². The largest absolute Gasteiger partial charge is 0.373 e. The van der Waals surface area contributed by atoms with Crippen LogP contribution in [0, 0.1) is 5.41 Å². The maximum absolute atomic E-state index is 5.44. The zero-order valence-electron chi connectivity index (χ0n) is 11.4. The van der Waals surface area contributed by atoms with E-state index in [2.05, 4.69) is 43.2 Å². The molecule has 0 aliphatic rings. The van der Waals surface area contributed by atoms with E-state index >= 15 is 0 Å². The van der Waals surface area contributed by atoms with Crippen molar-refractivity contribution in [3.05, 3.63) is 11.7 Å². The van der Waals surface area contributed by atoms with Crippen LogP contribution in [0.15, 0.2) is 4.52 Å². The quantitative estimate of drug-likeness (QED) is 0.771. The Hall–Kier alpha value is -0.940. The van der Waals surface area contributed by atoms with Crippen LogP contribution in [0.5, 0.6) is 0 Å². The molecule has 1 aromatic rings. The molecule has 1 unspecified atom stereocenters. The molecule has 0 saturated heterocycles. The molecule has 5 nitrogen and oxygen atoms in total. The highest BCUT2D eigenvalue weighted by Gasteiger charge is 2.30. The first-order valence-electron chi connectivity index (χ1n) is 6.05. The molecule has 1 heterocycles. The zero-order chi connectivity index (χ0) is 12.9. The Balaban J connectivity index is 2.66. The Labute approximate surface area is 103 Å². The predicted octanol–water partition coefficient (Wildman–Crippen LogP) is 1.96. The van der Waals surface area contributed by atoms with E-state index in [-0.39, 0.29) is 11.5 Å². The Bertz CT molecular complexity index is 331. The third kappa shape index (κ3) is 4.09. The van der Waals surface area contributed by atoms with Gasteiger partial charge in [-0.05, 0) is 12.0 Å². The summed E-state index contributed by atoms with van der Waals surface area (Å²) >= 11 is 0. The van der Waals surface area contributed by atoms with Crippen molar-refractivity contribution in [3.8, 4) is 0 Å². The summed E-state index contributed by atoms with van der Waals surface area (Å²) in [4.78, 5) is 4.38. The van der Waals surface area contributed by atoms with E-state index in [0.717, 1.165) is 19.5 Å². The second-order valence-electron chi connectivity index (χ2n) is 5.13. The summed E-state index contributed by atoms with van der Waals surface area (Å²) in [7, 11) is 1.67. The monoisotopic (exact) mass is 241 g/mol. The van der Waals surface area contributed by atoms with Gasteiger partial charge in [0.2, 0.25) is 11.7 Å². The van der Waals surface area contributed by atoms with Crippen molar-refractivity contribution in [3.63, 3.8) is 0 Å². The molecule has 0 aromatic carbocycles. The molecular weight excluding hydrogens is 218 g/mol. The van der Waals surface area contributed by atoms with Crippen LogP contribution in [0.3, 0.4) is 0 Å². The molecule has 0 fully saturated rings. The molecular formula is C12H23N3O2. The van der Waals surface area contributed by atoms with Crippen LogP contribution in [0.4, 0.5) is 0 Å². The van der Waals surface area contributed by atoms with Crippen LogP contribution in [0.1, 0.15) is 45.5 Å². The normalized spacial score (nSPS) is 13.9. The highest BCUT2D eigenvalue weighted by Crippen LogP contribution is 2.33. The minimum atomic E-state index is -0.140. The SMILES string of the molecule is CCNCCc1nc(C(OC)C(C)(C)C)no1. The Kier molecular flexibility index (Phi) is 5.08. The lowest BCUT2D eigenvalue weighted by molar-refractivity contribution is 0.00718. The van der Waals surface area contributed by atoms with Gasteiger partial charge in [0.05, 0.1) is 0 Å². The molecule has 98 valence electrons. The molecule has 0 spiro atoms. The molecule has 1 N–H and O–H groups in total. The van der Waals surface area contributed by atoms with Crippen molar-refractivity contribution in [2.24, 2.45) is 5.41 Å². The summed E-state index contributed by atoms with van der Waals surface area (Å²) in [5.74, 6) is 1.29. The maximum atomic E-state index is 5.44. The molecule has 0 aliphatic carbocycles. The van der Waals surface area contributed by atoms with Crippen molar-refractivity contribution < 1.29 is 9.26 Å². The minimum Gasteiger partial charge on any atom is -0.373 e. The Morgan fingerprint density at radius 2 is 2.12 bits per heavy atom. The Morgan fingerprint density at radius 1 is 1.41 bits per heavy atom. The molecule has 1 aromatic heterocycles. The van der Waals surface area contributed by atoms with Crippen molar-refractivity contribution in [2.45, 2.75) is 40.2 Å². The van der Waals surface area contributed by atoms with Gasteiger partial charge in [0.25, 0.3) is 0 Å². The lowest BCUT2D eigenvalue weighted by Crippen LogP contribution is -2.21. The lowest BCUT2D eigenvalue weighted by atomic mass is 9.88. The zero-order valence-corrected chi connectivity index (χ0v) is 11.4. The van der Waals surface area contributed by atoms with Crippen molar-refractivity contribution in [1.29, 1.82) is 0 Å². The van der Waals surface area contributed by atoms with Gasteiger partial charge in [0.1, 0.15) is 6.10 Å². The van der Waals surface area contributed by atoms with Gasteiger partial charge in [-0.25, -0.2) is 0 Å². The van der Waals surface area contributed by atoms with E-state index in [4.69, 9.17) is 9.26 Å². The smallest absolute Gasteiger partial charge is 0.228 e. The average molecular weight is 241 g/mol. The van der Waals surface area contributed by atoms with Crippen LogP contribution in [-0.4, -0.2) is 30.3 Å². The van der Waals surface area contributed by atoms with Gasteiger partial charge in [0, 0.05) is 20.1 Å². The fourth-order valence-electron chi connectivity index (χ4n) is 1.69. The molecule has 17 heavy (non-hydrogen) atoms. The number of methoxy groups -OCH3 is 1. The fourth-order valence-corrected chi connectivity index (χ4v) is 1.69. The van der Waals surface area contributed by atoms with E-state index in [1.807, 2.05) is 0 Å². The lowest BCUT2D eigenvalue weighted by Gasteiger charge is -2.26. The molecule has 0 radical (unpaired) electrons. The summed E-state index contributed by atoms with van der Waals surface area (Å²) in [5, 5.41) is 7.21. The molecule has 1 atom stereocenters. The summed E-state index contributed by atoms with van der Waals surface area (Å²) < 4.78 is 10.6. The van der Waals surface area contributed by atoms with Gasteiger partial charge >= 0.3 is 0 Å². The van der Waals surface area contributed by atoms with Crippen molar-refractivity contribution in [2.75, 3.05) is 20.2 Å². The van der Waals surface area contributed by atoms with Gasteiger partial charge in [-0.2, -0.15) is 4.98 Å². The van der Waals surface area contributed by atoms with E-state index < -0.39 is 0 Å². The first kappa shape index (κ1) is 14.1. The molecule has 5 heteroatoms. The first-order valence-corrected chi connectivity index (χ1v) is 6.05. The molecule has 0 aliphatic heterocycles. The van der Waals surface area contributed by atoms with Gasteiger partial charge in [-0.1, -0.05) is 32.9 Å². The molecule has 0 bridgehead atoms. The van der Waals surface area contributed by atoms with Crippen LogP contribution >= 0.6 is 0 Å². The topological polar surface area (TPSA) is 60.2 Å².